The molecule has 1 unspecified atom stereocenters. The molecule has 0 radical (unpaired) electrons. The van der Waals surface area contributed by atoms with Crippen molar-refractivity contribution in [3.8, 4) is 0 Å². The Morgan fingerprint density at radius 3 is 2.48 bits per heavy atom. The number of carbonyl (C=O) groups is 2. The van der Waals surface area contributed by atoms with E-state index >= 15 is 0 Å². The molecule has 2 amide bonds. The SMILES string of the molecule is CC(C)S(=O)(=O)c1ccc2cc1CN(C)C(=O)C(Nc1ccc3cc[nH]c(=O)c3c1)c1ccc(cc1)CCOC(=O)N2. The number of benzene rings is 3. The summed E-state index contributed by atoms with van der Waals surface area (Å²) in [6.07, 6.45) is 1.38. The third-order valence-corrected chi connectivity index (χ3v) is 9.54. The van der Waals surface area contributed by atoms with Crippen molar-refractivity contribution in [1.29, 1.82) is 0 Å². The van der Waals surface area contributed by atoms with E-state index in [2.05, 4.69) is 15.6 Å². The third kappa shape index (κ3) is 6.01. The summed E-state index contributed by atoms with van der Waals surface area (Å²) in [5.41, 5.74) is 2.63. The van der Waals surface area contributed by atoms with Crippen molar-refractivity contribution in [3.63, 3.8) is 0 Å². The number of amides is 2. The Kier molecular flexibility index (Phi) is 8.04. The molecule has 4 bridgehead atoms. The van der Waals surface area contributed by atoms with Crippen LogP contribution in [0.25, 0.3) is 10.8 Å². The fourth-order valence-electron chi connectivity index (χ4n) is 4.89. The van der Waals surface area contributed by atoms with Crippen LogP contribution in [0.2, 0.25) is 0 Å². The van der Waals surface area contributed by atoms with Crippen LogP contribution in [0.3, 0.4) is 0 Å². The Balaban J connectivity index is 1.57. The lowest BCUT2D eigenvalue weighted by molar-refractivity contribution is -0.131. The molecule has 3 aromatic carbocycles. The summed E-state index contributed by atoms with van der Waals surface area (Å²) in [6.45, 7) is 3.27. The van der Waals surface area contributed by atoms with Crippen LogP contribution in [0.5, 0.6) is 0 Å². The normalized spacial score (nSPS) is 16.4. The van der Waals surface area contributed by atoms with Gasteiger partial charge in [-0.2, -0.15) is 0 Å². The monoisotopic (exact) mass is 588 g/mol. The highest BCUT2D eigenvalue weighted by molar-refractivity contribution is 7.92. The van der Waals surface area contributed by atoms with E-state index in [1.807, 2.05) is 30.3 Å². The molecule has 10 nitrogen and oxygen atoms in total. The van der Waals surface area contributed by atoms with Crippen LogP contribution < -0.4 is 16.2 Å². The number of pyridine rings is 1. The van der Waals surface area contributed by atoms with Crippen LogP contribution in [0.4, 0.5) is 16.2 Å². The number of carbonyl (C=O) groups excluding carboxylic acids is 2. The van der Waals surface area contributed by atoms with Crippen LogP contribution in [-0.2, 0) is 32.3 Å². The Labute approximate surface area is 243 Å². The highest BCUT2D eigenvalue weighted by Crippen LogP contribution is 2.28. The quantitative estimate of drug-likeness (QED) is 0.316. The first-order chi connectivity index (χ1) is 20.0. The first kappa shape index (κ1) is 28.9. The number of hydrogen-bond acceptors (Lipinski definition) is 7. The zero-order valence-electron chi connectivity index (χ0n) is 23.5. The average molecular weight is 589 g/mol. The smallest absolute Gasteiger partial charge is 0.411 e. The number of ether oxygens (including phenoxy) is 1. The number of sulfone groups is 1. The second-order valence-electron chi connectivity index (χ2n) is 10.5. The van der Waals surface area contributed by atoms with Gasteiger partial charge in [0.1, 0.15) is 6.04 Å². The van der Waals surface area contributed by atoms with Gasteiger partial charge in [-0.25, -0.2) is 13.2 Å². The minimum atomic E-state index is -3.70. The van der Waals surface area contributed by atoms with Crippen LogP contribution in [0.15, 0.2) is 82.6 Å². The first-order valence-electron chi connectivity index (χ1n) is 13.6. The van der Waals surface area contributed by atoms with Crippen molar-refractivity contribution in [3.05, 3.63) is 100.0 Å². The van der Waals surface area contributed by atoms with Crippen LogP contribution in [0, 0.1) is 0 Å². The molecule has 4 aromatic rings. The molecule has 1 atom stereocenters. The van der Waals surface area contributed by atoms with E-state index in [0.29, 0.717) is 34.3 Å². The number of aromatic nitrogens is 1. The molecule has 0 saturated carbocycles. The van der Waals surface area contributed by atoms with Crippen molar-refractivity contribution < 1.29 is 22.7 Å². The molecule has 42 heavy (non-hydrogen) atoms. The van der Waals surface area contributed by atoms with Gasteiger partial charge in [-0.15, -0.1) is 0 Å². The lowest BCUT2D eigenvalue weighted by Gasteiger charge is -2.27. The van der Waals surface area contributed by atoms with Crippen molar-refractivity contribution in [2.45, 2.75) is 43.0 Å². The van der Waals surface area contributed by atoms with E-state index in [-0.39, 0.29) is 29.5 Å². The summed E-state index contributed by atoms with van der Waals surface area (Å²) >= 11 is 0. The van der Waals surface area contributed by atoms with Gasteiger partial charge in [0, 0.05) is 43.0 Å². The first-order valence-corrected chi connectivity index (χ1v) is 15.1. The summed E-state index contributed by atoms with van der Waals surface area (Å²) in [6, 6.07) is 18.2. The number of nitrogens with one attached hydrogen (secondary N) is 3. The Morgan fingerprint density at radius 1 is 0.976 bits per heavy atom. The molecule has 0 fully saturated rings. The minimum absolute atomic E-state index is 0.0433. The Morgan fingerprint density at radius 2 is 1.74 bits per heavy atom. The zero-order valence-corrected chi connectivity index (χ0v) is 24.3. The van der Waals surface area contributed by atoms with Crippen molar-refractivity contribution >= 4 is 44.0 Å². The van der Waals surface area contributed by atoms with Gasteiger partial charge >= 0.3 is 6.09 Å². The minimum Gasteiger partial charge on any atom is -0.449 e. The van der Waals surface area contributed by atoms with E-state index in [0.717, 1.165) is 10.9 Å². The standard InChI is InChI=1S/C31H32N4O6S/c1-19(2)42(39,40)27-11-10-24-16-23(27)18-35(3)30(37)28(22-6-4-20(5-7-22)13-15-41-31(38)34-24)33-25-9-8-21-12-14-32-29(36)26(21)17-25/h4-12,14,16-17,19,28,33H,13,15,18H2,1-3H3,(H,32,36)(H,34,38). The number of rotatable bonds is 4. The molecule has 0 spiro atoms. The number of likely N-dealkylation sites (N-methyl/N-ethyl adjacent to an activating group) is 1. The summed E-state index contributed by atoms with van der Waals surface area (Å²) < 4.78 is 31.8. The zero-order chi connectivity index (χ0) is 30.0. The fourth-order valence-corrected chi connectivity index (χ4v) is 6.14. The molecule has 0 saturated heterocycles. The van der Waals surface area contributed by atoms with E-state index < -0.39 is 27.2 Å². The molecule has 3 N–H and O–H groups in total. The van der Waals surface area contributed by atoms with Crippen molar-refractivity contribution in [1.82, 2.24) is 9.88 Å². The molecule has 11 heteroatoms. The summed E-state index contributed by atoms with van der Waals surface area (Å²) in [4.78, 5) is 43.1. The van der Waals surface area contributed by atoms with Gasteiger partial charge in [0.05, 0.1) is 16.8 Å². The van der Waals surface area contributed by atoms with E-state index in [4.69, 9.17) is 4.74 Å². The lowest BCUT2D eigenvalue weighted by atomic mass is 10.0. The van der Waals surface area contributed by atoms with Gasteiger partial charge < -0.3 is 19.9 Å². The number of nitrogens with zero attached hydrogens (tertiary/aromatic N) is 1. The molecular formula is C31H32N4O6S. The van der Waals surface area contributed by atoms with Gasteiger partial charge in [0.2, 0.25) is 5.91 Å². The van der Waals surface area contributed by atoms with Gasteiger partial charge in [-0.1, -0.05) is 30.3 Å². The molecule has 1 aromatic heterocycles. The molecular weight excluding hydrogens is 556 g/mol. The molecule has 2 aliphatic rings. The fraction of sp³-hybridized carbons (Fsp3) is 0.258. The van der Waals surface area contributed by atoms with E-state index in [9.17, 15) is 22.8 Å². The molecule has 0 aliphatic carbocycles. The van der Waals surface area contributed by atoms with Crippen LogP contribution >= 0.6 is 0 Å². The number of hydrogen-bond donors (Lipinski definition) is 3. The second kappa shape index (κ2) is 11.7. The molecule has 218 valence electrons. The van der Waals surface area contributed by atoms with E-state index in [1.54, 1.807) is 51.4 Å². The summed E-state index contributed by atoms with van der Waals surface area (Å²) in [7, 11) is -2.11. The third-order valence-electron chi connectivity index (χ3n) is 7.29. The Hall–Kier alpha value is -4.64. The average Bonchev–Trinajstić information content (AvgIpc) is 2.96. The highest BCUT2D eigenvalue weighted by Gasteiger charge is 2.28. The predicted molar refractivity (Wildman–Crippen MR) is 161 cm³/mol. The van der Waals surface area contributed by atoms with Gasteiger partial charge in [0.15, 0.2) is 9.84 Å². The molecule has 2 aliphatic heterocycles. The number of H-pyrrole nitrogens is 1. The van der Waals surface area contributed by atoms with Crippen LogP contribution in [-0.4, -0.2) is 49.2 Å². The Bertz CT molecular complexity index is 1820. The van der Waals surface area contributed by atoms with Crippen LogP contribution in [0.1, 0.15) is 36.6 Å². The van der Waals surface area contributed by atoms with Gasteiger partial charge in [-0.3, -0.25) is 14.9 Å². The maximum absolute atomic E-state index is 14.1. The maximum Gasteiger partial charge on any atom is 0.411 e. The summed E-state index contributed by atoms with van der Waals surface area (Å²) in [5.74, 6) is -0.317. The van der Waals surface area contributed by atoms with E-state index in [1.165, 1.54) is 17.0 Å². The summed E-state index contributed by atoms with van der Waals surface area (Å²) in [5, 5.41) is 6.50. The number of anilines is 2. The van der Waals surface area contributed by atoms with Gasteiger partial charge in [-0.05, 0) is 72.3 Å². The second-order valence-corrected chi connectivity index (χ2v) is 13.0. The predicted octanol–water partition coefficient (Wildman–Crippen LogP) is 4.63. The van der Waals surface area contributed by atoms with Crippen molar-refractivity contribution in [2.24, 2.45) is 0 Å². The number of aromatic amines is 1. The molecule has 3 heterocycles. The lowest BCUT2D eigenvalue weighted by Crippen LogP contribution is -2.35. The van der Waals surface area contributed by atoms with Crippen molar-refractivity contribution in [2.75, 3.05) is 24.3 Å². The maximum atomic E-state index is 14.1. The highest BCUT2D eigenvalue weighted by atomic mass is 32.2. The molecule has 6 rings (SSSR count). The largest absolute Gasteiger partial charge is 0.449 e. The van der Waals surface area contributed by atoms with Gasteiger partial charge in [0.25, 0.3) is 5.56 Å². The number of fused-ring (bicyclic) bond motifs is 10. The topological polar surface area (TPSA) is 138 Å².